The first kappa shape index (κ1) is 12.2. The van der Waals surface area contributed by atoms with E-state index < -0.39 is 5.63 Å². The van der Waals surface area contributed by atoms with Crippen molar-refractivity contribution >= 4 is 11.4 Å². The molecule has 3 aromatic rings. The van der Waals surface area contributed by atoms with E-state index in [1.807, 2.05) is 24.4 Å². The standard InChI is InChI=1S/C14H11N3O3/c18-13-5-4-10(9-20-13)14(19)15-7-11-8-16-17-6-2-1-3-12(11)17/h1-6,8-9H,7H2,(H,15,19). The van der Waals surface area contributed by atoms with Crippen LogP contribution in [0, 0.1) is 0 Å². The second-order valence-corrected chi connectivity index (χ2v) is 4.23. The van der Waals surface area contributed by atoms with E-state index in [1.165, 1.54) is 12.1 Å². The van der Waals surface area contributed by atoms with Crippen molar-refractivity contribution in [1.29, 1.82) is 0 Å². The van der Waals surface area contributed by atoms with Gasteiger partial charge in [0.15, 0.2) is 0 Å². The fraction of sp³-hybridized carbons (Fsp3) is 0.0714. The Balaban J connectivity index is 1.74. The molecule has 0 saturated carbocycles. The van der Waals surface area contributed by atoms with E-state index in [4.69, 9.17) is 0 Å². The highest BCUT2D eigenvalue weighted by Crippen LogP contribution is 2.09. The summed E-state index contributed by atoms with van der Waals surface area (Å²) in [4.78, 5) is 22.7. The summed E-state index contributed by atoms with van der Waals surface area (Å²) >= 11 is 0. The summed E-state index contributed by atoms with van der Waals surface area (Å²) in [5.74, 6) is -0.302. The quantitative estimate of drug-likeness (QED) is 0.775. The zero-order valence-corrected chi connectivity index (χ0v) is 10.4. The van der Waals surface area contributed by atoms with Crippen molar-refractivity contribution < 1.29 is 9.21 Å². The normalized spacial score (nSPS) is 10.6. The molecule has 0 atom stereocenters. The highest BCUT2D eigenvalue weighted by molar-refractivity contribution is 5.93. The van der Waals surface area contributed by atoms with Crippen molar-refractivity contribution in [3.8, 4) is 0 Å². The molecule has 0 spiro atoms. The third-order valence-corrected chi connectivity index (χ3v) is 2.91. The van der Waals surface area contributed by atoms with Crippen LogP contribution in [-0.4, -0.2) is 15.5 Å². The number of amides is 1. The molecule has 6 heteroatoms. The number of nitrogens with one attached hydrogen (secondary N) is 1. The van der Waals surface area contributed by atoms with Crippen molar-refractivity contribution in [2.24, 2.45) is 0 Å². The average Bonchev–Trinajstić information content (AvgIpc) is 2.89. The van der Waals surface area contributed by atoms with E-state index in [0.717, 1.165) is 17.3 Å². The van der Waals surface area contributed by atoms with E-state index in [-0.39, 0.29) is 5.91 Å². The lowest BCUT2D eigenvalue weighted by Crippen LogP contribution is -2.23. The van der Waals surface area contributed by atoms with Crippen molar-refractivity contribution in [2.75, 3.05) is 0 Å². The number of hydrogen-bond donors (Lipinski definition) is 1. The first-order chi connectivity index (χ1) is 9.74. The van der Waals surface area contributed by atoms with Gasteiger partial charge in [0.05, 0.1) is 17.3 Å². The number of aromatic nitrogens is 2. The fourth-order valence-electron chi connectivity index (χ4n) is 1.89. The summed E-state index contributed by atoms with van der Waals surface area (Å²) in [7, 11) is 0. The molecule has 0 unspecified atom stereocenters. The Bertz CT molecular complexity index is 799. The number of rotatable bonds is 3. The molecule has 6 nitrogen and oxygen atoms in total. The van der Waals surface area contributed by atoms with Crippen molar-refractivity contribution in [2.45, 2.75) is 6.54 Å². The molecule has 100 valence electrons. The molecule has 1 N–H and O–H groups in total. The Hall–Kier alpha value is -2.89. The molecule has 0 fully saturated rings. The van der Waals surface area contributed by atoms with E-state index in [2.05, 4.69) is 14.8 Å². The summed E-state index contributed by atoms with van der Waals surface area (Å²) in [5, 5.41) is 6.95. The molecular weight excluding hydrogens is 258 g/mol. The third-order valence-electron chi connectivity index (χ3n) is 2.91. The van der Waals surface area contributed by atoms with Crippen LogP contribution in [0.2, 0.25) is 0 Å². The van der Waals surface area contributed by atoms with E-state index >= 15 is 0 Å². The molecule has 0 bridgehead atoms. The first-order valence-electron chi connectivity index (χ1n) is 6.02. The number of hydrogen-bond acceptors (Lipinski definition) is 4. The van der Waals surface area contributed by atoms with Gasteiger partial charge in [0, 0.05) is 24.4 Å². The first-order valence-corrected chi connectivity index (χ1v) is 6.02. The second-order valence-electron chi connectivity index (χ2n) is 4.23. The molecular formula is C14H11N3O3. The Labute approximate surface area is 113 Å². The topological polar surface area (TPSA) is 76.6 Å². The maximum Gasteiger partial charge on any atom is 0.335 e. The maximum atomic E-state index is 11.9. The van der Waals surface area contributed by atoms with Crippen LogP contribution in [0.15, 0.2) is 58.2 Å². The minimum Gasteiger partial charge on any atom is -0.430 e. The zero-order chi connectivity index (χ0) is 13.9. The molecule has 0 radical (unpaired) electrons. The Morgan fingerprint density at radius 2 is 2.20 bits per heavy atom. The van der Waals surface area contributed by atoms with Gasteiger partial charge in [-0.1, -0.05) is 6.07 Å². The molecule has 3 heterocycles. The molecule has 0 aliphatic carbocycles. The number of nitrogens with zero attached hydrogens (tertiary/aromatic N) is 2. The van der Waals surface area contributed by atoms with Gasteiger partial charge in [0.1, 0.15) is 6.26 Å². The highest BCUT2D eigenvalue weighted by atomic mass is 16.4. The van der Waals surface area contributed by atoms with Gasteiger partial charge in [0.25, 0.3) is 5.91 Å². The summed E-state index contributed by atoms with van der Waals surface area (Å²) in [6, 6.07) is 8.36. The molecule has 1 amide bonds. The van der Waals surface area contributed by atoms with Crippen LogP contribution in [0.1, 0.15) is 15.9 Å². The number of carbonyl (C=O) groups excluding carboxylic acids is 1. The van der Waals surface area contributed by atoms with Crippen LogP contribution >= 0.6 is 0 Å². The Morgan fingerprint density at radius 1 is 1.30 bits per heavy atom. The predicted octanol–water partition coefficient (Wildman–Crippen LogP) is 1.22. The van der Waals surface area contributed by atoms with Crippen LogP contribution < -0.4 is 10.9 Å². The maximum absolute atomic E-state index is 11.9. The summed E-state index contributed by atoms with van der Waals surface area (Å²) < 4.78 is 6.39. The van der Waals surface area contributed by atoms with Crippen LogP contribution in [0.4, 0.5) is 0 Å². The van der Waals surface area contributed by atoms with Gasteiger partial charge in [-0.15, -0.1) is 0 Å². The van der Waals surface area contributed by atoms with Crippen LogP contribution in [0.5, 0.6) is 0 Å². The highest BCUT2D eigenvalue weighted by Gasteiger charge is 2.08. The lowest BCUT2D eigenvalue weighted by atomic mass is 10.2. The van der Waals surface area contributed by atoms with E-state index in [1.54, 1.807) is 10.7 Å². The second kappa shape index (κ2) is 5.00. The number of fused-ring (bicyclic) bond motifs is 1. The van der Waals surface area contributed by atoms with E-state index in [9.17, 15) is 9.59 Å². The van der Waals surface area contributed by atoms with Crippen molar-refractivity contribution in [3.63, 3.8) is 0 Å². The smallest absolute Gasteiger partial charge is 0.335 e. The van der Waals surface area contributed by atoms with Gasteiger partial charge in [-0.25, -0.2) is 9.31 Å². The molecule has 0 aliphatic rings. The largest absolute Gasteiger partial charge is 0.430 e. The monoisotopic (exact) mass is 269 g/mol. The van der Waals surface area contributed by atoms with Crippen LogP contribution in [0.3, 0.4) is 0 Å². The lowest BCUT2D eigenvalue weighted by Gasteiger charge is -2.03. The van der Waals surface area contributed by atoms with Crippen molar-refractivity contribution in [1.82, 2.24) is 14.9 Å². The summed E-state index contributed by atoms with van der Waals surface area (Å²) in [5.41, 5.74) is 1.67. The number of carbonyl (C=O) groups is 1. The molecule has 3 aromatic heterocycles. The van der Waals surface area contributed by atoms with Gasteiger partial charge in [-0.2, -0.15) is 5.10 Å². The van der Waals surface area contributed by atoms with E-state index in [0.29, 0.717) is 12.1 Å². The van der Waals surface area contributed by atoms with Crippen LogP contribution in [0.25, 0.3) is 5.52 Å². The van der Waals surface area contributed by atoms with Crippen LogP contribution in [-0.2, 0) is 6.54 Å². The molecule has 0 saturated heterocycles. The lowest BCUT2D eigenvalue weighted by molar-refractivity contribution is 0.0948. The molecule has 0 aliphatic heterocycles. The van der Waals surface area contributed by atoms with Gasteiger partial charge in [-0.05, 0) is 18.2 Å². The van der Waals surface area contributed by atoms with Gasteiger partial charge >= 0.3 is 5.63 Å². The minimum atomic E-state index is -0.482. The molecule has 3 rings (SSSR count). The fourth-order valence-corrected chi connectivity index (χ4v) is 1.89. The summed E-state index contributed by atoms with van der Waals surface area (Å²) in [6.07, 6.45) is 4.70. The van der Waals surface area contributed by atoms with Crippen molar-refractivity contribution in [3.05, 3.63) is 70.5 Å². The Kier molecular flexibility index (Phi) is 3.04. The average molecular weight is 269 g/mol. The molecule has 20 heavy (non-hydrogen) atoms. The Morgan fingerprint density at radius 3 is 3.00 bits per heavy atom. The molecule has 0 aromatic carbocycles. The van der Waals surface area contributed by atoms with Gasteiger partial charge < -0.3 is 9.73 Å². The SMILES string of the molecule is O=C(NCc1cnn2ccccc12)c1ccc(=O)oc1. The number of pyridine rings is 1. The summed E-state index contributed by atoms with van der Waals surface area (Å²) in [6.45, 7) is 0.353. The minimum absolute atomic E-state index is 0.302. The third kappa shape index (κ3) is 2.31. The predicted molar refractivity (Wildman–Crippen MR) is 71.3 cm³/mol. The van der Waals surface area contributed by atoms with Gasteiger partial charge in [-0.3, -0.25) is 4.79 Å². The zero-order valence-electron chi connectivity index (χ0n) is 10.4. The van der Waals surface area contributed by atoms with Gasteiger partial charge in [0.2, 0.25) is 0 Å².